The van der Waals surface area contributed by atoms with Crippen LogP contribution < -0.4 is 10.0 Å². The van der Waals surface area contributed by atoms with Gasteiger partial charge < -0.3 is 10.2 Å². The Hall–Kier alpha value is -0.880. The molecule has 24 heavy (non-hydrogen) atoms. The summed E-state index contributed by atoms with van der Waals surface area (Å²) in [6.45, 7) is 6.98. The quantitative estimate of drug-likeness (QED) is 0.709. The first-order valence-electron chi connectivity index (χ1n) is 7.47. The van der Waals surface area contributed by atoms with E-state index in [2.05, 4.69) is 14.9 Å². The summed E-state index contributed by atoms with van der Waals surface area (Å²) in [6, 6.07) is 6.85. The van der Waals surface area contributed by atoms with Crippen molar-refractivity contribution >= 4 is 34.8 Å². The predicted molar refractivity (Wildman–Crippen MR) is 99.5 cm³/mol. The summed E-state index contributed by atoms with van der Waals surface area (Å²) in [5.74, 6) is 0. The van der Waals surface area contributed by atoms with Crippen LogP contribution in [0.3, 0.4) is 0 Å². The van der Waals surface area contributed by atoms with Gasteiger partial charge in [-0.15, -0.1) is 24.8 Å². The maximum Gasteiger partial charge on any atom is 0.241 e. The van der Waals surface area contributed by atoms with Crippen LogP contribution in [0.5, 0.6) is 0 Å². The molecule has 1 aliphatic heterocycles. The van der Waals surface area contributed by atoms with Crippen LogP contribution in [-0.4, -0.2) is 52.6 Å². The predicted octanol–water partition coefficient (Wildman–Crippen LogP) is 1.28. The van der Waals surface area contributed by atoms with Gasteiger partial charge in [0.05, 0.1) is 10.5 Å². The van der Waals surface area contributed by atoms with Gasteiger partial charge in [0.25, 0.3) is 0 Å². The zero-order valence-electron chi connectivity index (χ0n) is 13.6. The molecule has 0 aliphatic carbocycles. The number of hydrogen-bond donors (Lipinski definition) is 2. The standard InChI is InChI=1S/C15H22N4O2S.2ClH/c1-13-4-2-5-15(14(13)12-16)22(20,21)18-6-3-9-19-10-7-17-8-11-19;;/h2,4-5,17-18H,3,6-11H2,1H3;2*1H. The topological polar surface area (TPSA) is 85.2 Å². The molecule has 6 nitrogen and oxygen atoms in total. The molecule has 2 rings (SSSR count). The largest absolute Gasteiger partial charge is 0.314 e. The summed E-state index contributed by atoms with van der Waals surface area (Å²) in [7, 11) is -3.63. The molecule has 1 aromatic carbocycles. The molecule has 1 heterocycles. The van der Waals surface area contributed by atoms with E-state index in [9.17, 15) is 8.42 Å². The summed E-state index contributed by atoms with van der Waals surface area (Å²) in [5, 5.41) is 12.4. The molecule has 1 aliphatic rings. The number of piperazine rings is 1. The summed E-state index contributed by atoms with van der Waals surface area (Å²) in [5.41, 5.74) is 0.892. The van der Waals surface area contributed by atoms with Crippen molar-refractivity contribution in [2.75, 3.05) is 39.3 Å². The molecule has 0 amide bonds. The van der Waals surface area contributed by atoms with Crippen LogP contribution in [0.25, 0.3) is 0 Å². The van der Waals surface area contributed by atoms with E-state index in [0.717, 1.165) is 39.1 Å². The lowest BCUT2D eigenvalue weighted by Crippen LogP contribution is -2.44. The summed E-state index contributed by atoms with van der Waals surface area (Å²) in [6.07, 6.45) is 0.757. The maximum atomic E-state index is 12.3. The van der Waals surface area contributed by atoms with Gasteiger partial charge in [0, 0.05) is 32.7 Å². The molecule has 0 radical (unpaired) electrons. The minimum atomic E-state index is -3.63. The Morgan fingerprint density at radius 3 is 2.58 bits per heavy atom. The lowest BCUT2D eigenvalue weighted by Gasteiger charge is -2.27. The van der Waals surface area contributed by atoms with Crippen molar-refractivity contribution in [2.45, 2.75) is 18.2 Å². The molecule has 0 unspecified atom stereocenters. The minimum absolute atomic E-state index is 0. The Labute approximate surface area is 156 Å². The third-order valence-corrected chi connectivity index (χ3v) is 5.29. The minimum Gasteiger partial charge on any atom is -0.314 e. The second-order valence-electron chi connectivity index (χ2n) is 5.40. The van der Waals surface area contributed by atoms with Crippen LogP contribution in [-0.2, 0) is 10.0 Å². The van der Waals surface area contributed by atoms with E-state index in [-0.39, 0.29) is 35.3 Å². The van der Waals surface area contributed by atoms with Crippen molar-refractivity contribution in [3.63, 3.8) is 0 Å². The molecule has 0 spiro atoms. The second kappa shape index (κ2) is 10.9. The van der Waals surface area contributed by atoms with Crippen LogP contribution in [0.1, 0.15) is 17.5 Å². The van der Waals surface area contributed by atoms with Crippen LogP contribution in [0.4, 0.5) is 0 Å². The van der Waals surface area contributed by atoms with Crippen LogP contribution >= 0.6 is 24.8 Å². The van der Waals surface area contributed by atoms with Crippen molar-refractivity contribution in [2.24, 2.45) is 0 Å². The SMILES string of the molecule is Cc1cccc(S(=O)(=O)NCCCN2CCNCC2)c1C#N.Cl.Cl. The highest BCUT2D eigenvalue weighted by Crippen LogP contribution is 2.18. The molecule has 1 fully saturated rings. The molecule has 0 aromatic heterocycles. The Morgan fingerprint density at radius 2 is 1.96 bits per heavy atom. The lowest BCUT2D eigenvalue weighted by molar-refractivity contribution is 0.239. The second-order valence-corrected chi connectivity index (χ2v) is 7.14. The van der Waals surface area contributed by atoms with Crippen molar-refractivity contribution in [3.05, 3.63) is 29.3 Å². The van der Waals surface area contributed by atoms with Crippen molar-refractivity contribution < 1.29 is 8.42 Å². The third-order valence-electron chi connectivity index (χ3n) is 3.79. The number of nitrogens with one attached hydrogen (secondary N) is 2. The zero-order chi connectivity index (χ0) is 16.0. The van der Waals surface area contributed by atoms with Gasteiger partial charge in [-0.3, -0.25) is 0 Å². The molecule has 9 heteroatoms. The fourth-order valence-corrected chi connectivity index (χ4v) is 3.83. The van der Waals surface area contributed by atoms with Gasteiger partial charge in [-0.05, 0) is 31.5 Å². The molecular formula is C15H24Cl2N4O2S. The van der Waals surface area contributed by atoms with E-state index in [1.165, 1.54) is 6.07 Å². The number of aryl methyl sites for hydroxylation is 1. The van der Waals surface area contributed by atoms with Gasteiger partial charge in [-0.2, -0.15) is 5.26 Å². The summed E-state index contributed by atoms with van der Waals surface area (Å²) < 4.78 is 27.3. The van der Waals surface area contributed by atoms with Gasteiger partial charge in [0.1, 0.15) is 6.07 Å². The molecule has 1 saturated heterocycles. The molecular weight excluding hydrogens is 371 g/mol. The Morgan fingerprint density at radius 1 is 1.29 bits per heavy atom. The monoisotopic (exact) mass is 394 g/mol. The number of sulfonamides is 1. The van der Waals surface area contributed by atoms with Crippen LogP contribution in [0.2, 0.25) is 0 Å². The smallest absolute Gasteiger partial charge is 0.241 e. The highest BCUT2D eigenvalue weighted by atomic mass is 35.5. The number of nitrogens with zero attached hydrogens (tertiary/aromatic N) is 2. The van der Waals surface area contributed by atoms with E-state index in [1.54, 1.807) is 19.1 Å². The van der Waals surface area contributed by atoms with E-state index < -0.39 is 10.0 Å². The highest BCUT2D eigenvalue weighted by molar-refractivity contribution is 7.89. The maximum absolute atomic E-state index is 12.3. The van der Waals surface area contributed by atoms with E-state index in [4.69, 9.17) is 5.26 Å². The van der Waals surface area contributed by atoms with Crippen molar-refractivity contribution in [1.82, 2.24) is 14.9 Å². The number of hydrogen-bond acceptors (Lipinski definition) is 5. The van der Waals surface area contributed by atoms with Gasteiger partial charge in [-0.1, -0.05) is 12.1 Å². The lowest BCUT2D eigenvalue weighted by atomic mass is 10.1. The average Bonchev–Trinajstić information content (AvgIpc) is 2.52. The Balaban J connectivity index is 0.00000264. The third kappa shape index (κ3) is 6.20. The summed E-state index contributed by atoms with van der Waals surface area (Å²) >= 11 is 0. The Kier molecular flexibility index (Phi) is 10.5. The molecule has 1 aromatic rings. The fraction of sp³-hybridized carbons (Fsp3) is 0.533. The molecule has 0 saturated carbocycles. The van der Waals surface area contributed by atoms with Crippen molar-refractivity contribution in [3.8, 4) is 6.07 Å². The van der Waals surface area contributed by atoms with Crippen LogP contribution in [0.15, 0.2) is 23.1 Å². The molecule has 2 N–H and O–H groups in total. The zero-order valence-corrected chi connectivity index (χ0v) is 16.1. The number of nitriles is 1. The van der Waals surface area contributed by atoms with E-state index in [1.807, 2.05) is 6.07 Å². The first-order valence-corrected chi connectivity index (χ1v) is 8.95. The molecule has 0 atom stereocenters. The number of rotatable bonds is 6. The van der Waals surface area contributed by atoms with Gasteiger partial charge >= 0.3 is 0 Å². The van der Waals surface area contributed by atoms with E-state index >= 15 is 0 Å². The van der Waals surface area contributed by atoms with Gasteiger partial charge in [0.2, 0.25) is 10.0 Å². The highest BCUT2D eigenvalue weighted by Gasteiger charge is 2.19. The number of halogens is 2. The molecule has 0 bridgehead atoms. The van der Waals surface area contributed by atoms with Gasteiger partial charge in [-0.25, -0.2) is 13.1 Å². The van der Waals surface area contributed by atoms with Crippen molar-refractivity contribution in [1.29, 1.82) is 5.26 Å². The number of benzene rings is 1. The summed E-state index contributed by atoms with van der Waals surface area (Å²) in [4.78, 5) is 2.38. The first kappa shape index (κ1) is 23.1. The average molecular weight is 395 g/mol. The van der Waals surface area contributed by atoms with Crippen LogP contribution in [0, 0.1) is 18.3 Å². The normalized spacial score (nSPS) is 15.0. The fourth-order valence-electron chi connectivity index (χ4n) is 2.53. The van der Waals surface area contributed by atoms with Gasteiger partial charge in [0.15, 0.2) is 0 Å². The Bertz CT molecular complexity index is 656. The first-order chi connectivity index (χ1) is 10.5. The molecule has 136 valence electrons. The van der Waals surface area contributed by atoms with E-state index in [0.29, 0.717) is 12.1 Å².